The molecule has 134 valence electrons. The molecule has 4 rings (SSSR count). The van der Waals surface area contributed by atoms with Gasteiger partial charge in [0.15, 0.2) is 0 Å². The molecular weight excluding hydrogens is 360 g/mol. The second-order valence-electron chi connectivity index (χ2n) is 6.29. The lowest BCUT2D eigenvalue weighted by atomic mass is 10.1. The highest BCUT2D eigenvalue weighted by atomic mass is 35.5. The molecule has 2 N–H and O–H groups in total. The molecule has 4 aromatic rings. The third kappa shape index (κ3) is 3.52. The zero-order valence-electron chi connectivity index (χ0n) is 14.4. The zero-order chi connectivity index (χ0) is 18.8. The Kier molecular flexibility index (Phi) is 4.57. The first kappa shape index (κ1) is 17.2. The Bertz CT molecular complexity index is 1120. The van der Waals surface area contributed by atoms with E-state index in [0.29, 0.717) is 10.7 Å². The number of anilines is 2. The van der Waals surface area contributed by atoms with Gasteiger partial charge in [-0.1, -0.05) is 48.0 Å². The van der Waals surface area contributed by atoms with E-state index in [4.69, 9.17) is 11.6 Å². The Morgan fingerprint density at radius 2 is 1.78 bits per heavy atom. The summed E-state index contributed by atoms with van der Waals surface area (Å²) < 4.78 is 2.18. The molecule has 0 fully saturated rings. The van der Waals surface area contributed by atoms with Crippen molar-refractivity contribution < 1.29 is 9.90 Å². The molecule has 0 bridgehead atoms. The maximum absolute atomic E-state index is 11.5. The molecule has 0 unspecified atom stereocenters. The average molecular weight is 377 g/mol. The second kappa shape index (κ2) is 7.17. The van der Waals surface area contributed by atoms with Crippen LogP contribution in [0.5, 0.6) is 0 Å². The van der Waals surface area contributed by atoms with Crippen LogP contribution in [0.1, 0.15) is 15.9 Å². The fourth-order valence-electron chi connectivity index (χ4n) is 3.20. The monoisotopic (exact) mass is 376 g/mol. The largest absolute Gasteiger partial charge is 0.478 e. The summed E-state index contributed by atoms with van der Waals surface area (Å²) in [5.41, 5.74) is 3.80. The number of nitrogens with zero attached hydrogens (tertiary/aromatic N) is 1. The molecule has 0 aliphatic carbocycles. The molecule has 1 aromatic heterocycles. The van der Waals surface area contributed by atoms with E-state index in [2.05, 4.69) is 28.1 Å². The average Bonchev–Trinajstić information content (AvgIpc) is 3.08. The van der Waals surface area contributed by atoms with Crippen molar-refractivity contribution in [1.82, 2.24) is 4.57 Å². The summed E-state index contributed by atoms with van der Waals surface area (Å²) >= 11 is 5.94. The van der Waals surface area contributed by atoms with Crippen LogP contribution in [0.4, 0.5) is 11.4 Å². The summed E-state index contributed by atoms with van der Waals surface area (Å²) in [5.74, 6) is -1.02. The molecule has 4 nitrogen and oxygen atoms in total. The zero-order valence-corrected chi connectivity index (χ0v) is 15.1. The predicted molar refractivity (Wildman–Crippen MR) is 109 cm³/mol. The van der Waals surface area contributed by atoms with Crippen LogP contribution in [0.3, 0.4) is 0 Å². The van der Waals surface area contributed by atoms with E-state index in [9.17, 15) is 9.90 Å². The number of halogens is 1. The van der Waals surface area contributed by atoms with Gasteiger partial charge in [0.05, 0.1) is 16.8 Å². The molecule has 0 aliphatic heterocycles. The number of nitrogens with one attached hydrogen (secondary N) is 1. The highest BCUT2D eigenvalue weighted by Gasteiger charge is 2.13. The number of aromatic nitrogens is 1. The van der Waals surface area contributed by atoms with E-state index >= 15 is 0 Å². The minimum absolute atomic E-state index is 0.142. The van der Waals surface area contributed by atoms with Gasteiger partial charge in [0.2, 0.25) is 0 Å². The van der Waals surface area contributed by atoms with E-state index in [1.165, 1.54) is 11.6 Å². The molecule has 0 atom stereocenters. The minimum Gasteiger partial charge on any atom is -0.478 e. The van der Waals surface area contributed by atoms with Gasteiger partial charge in [-0.15, -0.1) is 0 Å². The summed E-state index contributed by atoms with van der Waals surface area (Å²) in [6.07, 6.45) is 2.04. The van der Waals surface area contributed by atoms with Crippen molar-refractivity contribution in [3.63, 3.8) is 0 Å². The number of rotatable bonds is 5. The van der Waals surface area contributed by atoms with E-state index in [-0.39, 0.29) is 5.56 Å². The van der Waals surface area contributed by atoms with Gasteiger partial charge in [0.1, 0.15) is 0 Å². The number of benzene rings is 3. The molecule has 0 saturated heterocycles. The van der Waals surface area contributed by atoms with Gasteiger partial charge in [0.25, 0.3) is 0 Å². The van der Waals surface area contributed by atoms with Crippen molar-refractivity contribution in [2.24, 2.45) is 0 Å². The lowest BCUT2D eigenvalue weighted by Crippen LogP contribution is -2.03. The number of carboxylic acids is 1. The molecule has 0 aliphatic rings. The van der Waals surface area contributed by atoms with Gasteiger partial charge < -0.3 is 15.0 Å². The SMILES string of the molecule is O=C(O)c1cc(Cl)ccc1Nc1cccc2c1ccn2Cc1ccccc1. The molecular formula is C22H17ClN2O2. The Hall–Kier alpha value is -3.24. The first-order valence-electron chi connectivity index (χ1n) is 8.53. The highest BCUT2D eigenvalue weighted by Crippen LogP contribution is 2.30. The Morgan fingerprint density at radius 3 is 2.56 bits per heavy atom. The fourth-order valence-corrected chi connectivity index (χ4v) is 3.37. The molecule has 0 saturated carbocycles. The topological polar surface area (TPSA) is 54.3 Å². The maximum Gasteiger partial charge on any atom is 0.337 e. The van der Waals surface area contributed by atoms with Crippen molar-refractivity contribution >= 4 is 39.8 Å². The van der Waals surface area contributed by atoms with Crippen LogP contribution in [-0.2, 0) is 6.54 Å². The normalized spacial score (nSPS) is 10.9. The van der Waals surface area contributed by atoms with Crippen LogP contribution in [0.2, 0.25) is 5.02 Å². The van der Waals surface area contributed by atoms with E-state index in [1.54, 1.807) is 12.1 Å². The predicted octanol–water partition coefficient (Wildman–Crippen LogP) is 5.78. The molecule has 0 spiro atoms. The molecule has 3 aromatic carbocycles. The molecule has 0 amide bonds. The first-order valence-corrected chi connectivity index (χ1v) is 8.91. The minimum atomic E-state index is -1.02. The standard InChI is InChI=1S/C22H17ClN2O2/c23-16-9-10-20(18(13-16)22(26)27)24-19-7-4-8-21-17(19)11-12-25(21)14-15-5-2-1-3-6-15/h1-13,24H,14H2,(H,26,27). The van der Waals surface area contributed by atoms with E-state index < -0.39 is 5.97 Å². The summed E-state index contributed by atoms with van der Waals surface area (Å²) in [5, 5.41) is 14.1. The van der Waals surface area contributed by atoms with Gasteiger partial charge in [-0.2, -0.15) is 0 Å². The van der Waals surface area contributed by atoms with Crippen LogP contribution in [0.25, 0.3) is 10.9 Å². The van der Waals surface area contributed by atoms with Gasteiger partial charge >= 0.3 is 5.97 Å². The lowest BCUT2D eigenvalue weighted by molar-refractivity contribution is 0.0698. The van der Waals surface area contributed by atoms with Crippen molar-refractivity contribution in [1.29, 1.82) is 0 Å². The molecule has 27 heavy (non-hydrogen) atoms. The first-order chi connectivity index (χ1) is 13.1. The summed E-state index contributed by atoms with van der Waals surface area (Å²) in [7, 11) is 0. The fraction of sp³-hybridized carbons (Fsp3) is 0.0455. The summed E-state index contributed by atoms with van der Waals surface area (Å²) in [4.78, 5) is 11.5. The number of aromatic carboxylic acids is 1. The maximum atomic E-state index is 11.5. The molecule has 1 heterocycles. The summed E-state index contributed by atoms with van der Waals surface area (Å²) in [6, 6.07) is 23.1. The number of carboxylic acid groups (broad SMARTS) is 1. The van der Waals surface area contributed by atoms with Gasteiger partial charge in [-0.25, -0.2) is 4.79 Å². The Balaban J connectivity index is 1.71. The van der Waals surface area contributed by atoms with Crippen LogP contribution in [-0.4, -0.2) is 15.6 Å². The summed E-state index contributed by atoms with van der Waals surface area (Å²) in [6.45, 7) is 0.773. The highest BCUT2D eigenvalue weighted by molar-refractivity contribution is 6.31. The number of fused-ring (bicyclic) bond motifs is 1. The van der Waals surface area contributed by atoms with Gasteiger partial charge in [-0.05, 0) is 42.0 Å². The Labute approximate surface area is 161 Å². The molecule has 5 heteroatoms. The van der Waals surface area contributed by atoms with Crippen LogP contribution < -0.4 is 5.32 Å². The number of hydrogen-bond acceptors (Lipinski definition) is 2. The van der Waals surface area contributed by atoms with Crippen molar-refractivity contribution in [3.05, 3.63) is 95.1 Å². The van der Waals surface area contributed by atoms with Crippen LogP contribution >= 0.6 is 11.6 Å². The van der Waals surface area contributed by atoms with E-state index in [1.807, 2.05) is 42.6 Å². The van der Waals surface area contributed by atoms with Gasteiger partial charge in [-0.3, -0.25) is 0 Å². The lowest BCUT2D eigenvalue weighted by Gasteiger charge is -2.12. The number of carbonyl (C=O) groups is 1. The Morgan fingerprint density at radius 1 is 0.963 bits per heavy atom. The van der Waals surface area contributed by atoms with Crippen molar-refractivity contribution in [2.75, 3.05) is 5.32 Å². The van der Waals surface area contributed by atoms with Gasteiger partial charge in [0, 0.05) is 28.8 Å². The number of hydrogen-bond donors (Lipinski definition) is 2. The van der Waals surface area contributed by atoms with Crippen LogP contribution in [0.15, 0.2) is 79.0 Å². The van der Waals surface area contributed by atoms with Crippen molar-refractivity contribution in [3.8, 4) is 0 Å². The molecule has 0 radical (unpaired) electrons. The van der Waals surface area contributed by atoms with Crippen molar-refractivity contribution in [2.45, 2.75) is 6.54 Å². The third-order valence-electron chi connectivity index (χ3n) is 4.49. The van der Waals surface area contributed by atoms with Crippen LogP contribution in [0, 0.1) is 0 Å². The van der Waals surface area contributed by atoms with E-state index in [0.717, 1.165) is 23.1 Å². The smallest absolute Gasteiger partial charge is 0.337 e. The third-order valence-corrected chi connectivity index (χ3v) is 4.73. The quantitative estimate of drug-likeness (QED) is 0.464. The second-order valence-corrected chi connectivity index (χ2v) is 6.72.